The van der Waals surface area contributed by atoms with Gasteiger partial charge in [0, 0.05) is 26.1 Å². The minimum Gasteiger partial charge on any atom is -0.484 e. The van der Waals surface area contributed by atoms with Crippen LogP contribution in [0.2, 0.25) is 0 Å². The first kappa shape index (κ1) is 30.4. The average molecular weight is 512 g/mol. The second kappa shape index (κ2) is 16.8. The fourth-order valence-corrected chi connectivity index (χ4v) is 4.26. The summed E-state index contributed by atoms with van der Waals surface area (Å²) in [4.78, 5) is 26.4. The SMILES string of the molecule is CCCCCCCN(Cc1ccc(CC(C)C)cc1)C(=O)COc1ccc(C[C@H](OCC)C(=O)O)cc1. The predicted octanol–water partition coefficient (Wildman–Crippen LogP) is 6.30. The Kier molecular flexibility index (Phi) is 13.8. The van der Waals surface area contributed by atoms with Gasteiger partial charge in [-0.1, -0.05) is 82.9 Å². The third kappa shape index (κ3) is 11.8. The average Bonchev–Trinajstić information content (AvgIpc) is 2.87. The van der Waals surface area contributed by atoms with E-state index in [1.54, 1.807) is 19.1 Å². The molecule has 0 fully saturated rings. The van der Waals surface area contributed by atoms with Crippen molar-refractivity contribution in [3.05, 3.63) is 65.2 Å². The maximum Gasteiger partial charge on any atom is 0.333 e. The molecule has 2 aromatic rings. The number of amides is 1. The second-order valence-electron chi connectivity index (χ2n) is 10.1. The van der Waals surface area contributed by atoms with Crippen molar-refractivity contribution < 1.29 is 24.2 Å². The third-order valence-electron chi connectivity index (χ3n) is 6.27. The summed E-state index contributed by atoms with van der Waals surface area (Å²) in [6.07, 6.45) is 6.17. The van der Waals surface area contributed by atoms with Gasteiger partial charge in [0.1, 0.15) is 5.75 Å². The van der Waals surface area contributed by atoms with Gasteiger partial charge in [0.2, 0.25) is 0 Å². The highest BCUT2D eigenvalue weighted by atomic mass is 16.5. The van der Waals surface area contributed by atoms with Crippen molar-refractivity contribution in [3.63, 3.8) is 0 Å². The first-order chi connectivity index (χ1) is 17.8. The molecule has 0 aliphatic rings. The smallest absolute Gasteiger partial charge is 0.333 e. The molecule has 0 unspecified atom stereocenters. The lowest BCUT2D eigenvalue weighted by molar-refractivity contribution is -0.150. The first-order valence-electron chi connectivity index (χ1n) is 13.7. The number of hydrogen-bond donors (Lipinski definition) is 1. The molecule has 6 heteroatoms. The second-order valence-corrected chi connectivity index (χ2v) is 10.1. The normalized spacial score (nSPS) is 11.9. The van der Waals surface area contributed by atoms with Crippen molar-refractivity contribution in [2.24, 2.45) is 5.92 Å². The number of hydrogen-bond acceptors (Lipinski definition) is 4. The maximum atomic E-state index is 13.1. The molecule has 0 bridgehead atoms. The van der Waals surface area contributed by atoms with Gasteiger partial charge in [-0.15, -0.1) is 0 Å². The molecule has 0 aliphatic carbocycles. The molecule has 0 radical (unpaired) electrons. The van der Waals surface area contributed by atoms with Crippen LogP contribution in [0.3, 0.4) is 0 Å². The quantitative estimate of drug-likeness (QED) is 0.238. The Morgan fingerprint density at radius 3 is 2.03 bits per heavy atom. The van der Waals surface area contributed by atoms with E-state index in [1.165, 1.54) is 24.8 Å². The van der Waals surface area contributed by atoms with Crippen molar-refractivity contribution >= 4 is 11.9 Å². The van der Waals surface area contributed by atoms with Gasteiger partial charge in [-0.2, -0.15) is 0 Å². The molecule has 2 rings (SSSR count). The molecule has 0 saturated heterocycles. The zero-order chi connectivity index (χ0) is 27.0. The number of rotatable bonds is 18. The Morgan fingerprint density at radius 2 is 1.43 bits per heavy atom. The molecule has 6 nitrogen and oxygen atoms in total. The van der Waals surface area contributed by atoms with Gasteiger partial charge in [0.15, 0.2) is 12.7 Å². The molecule has 0 heterocycles. The van der Waals surface area contributed by atoms with Gasteiger partial charge < -0.3 is 19.5 Å². The molecule has 1 amide bonds. The topological polar surface area (TPSA) is 76.1 Å². The fourth-order valence-electron chi connectivity index (χ4n) is 4.26. The summed E-state index contributed by atoms with van der Waals surface area (Å²) in [5.41, 5.74) is 3.29. The molecule has 0 aliphatic heterocycles. The summed E-state index contributed by atoms with van der Waals surface area (Å²) >= 11 is 0. The van der Waals surface area contributed by atoms with Crippen LogP contribution in [0.15, 0.2) is 48.5 Å². The summed E-state index contributed by atoms with van der Waals surface area (Å²) in [6, 6.07) is 15.8. The van der Waals surface area contributed by atoms with Crippen molar-refractivity contribution in [1.29, 1.82) is 0 Å². The zero-order valence-electron chi connectivity index (χ0n) is 23.1. The van der Waals surface area contributed by atoms with E-state index < -0.39 is 12.1 Å². The molecule has 204 valence electrons. The first-order valence-corrected chi connectivity index (χ1v) is 13.7. The van der Waals surface area contributed by atoms with E-state index in [0.29, 0.717) is 31.4 Å². The van der Waals surface area contributed by atoms with Crippen LogP contribution in [0, 0.1) is 5.92 Å². The predicted molar refractivity (Wildman–Crippen MR) is 148 cm³/mol. The lowest BCUT2D eigenvalue weighted by Crippen LogP contribution is -2.35. The van der Waals surface area contributed by atoms with Crippen LogP contribution in [-0.2, 0) is 33.7 Å². The number of carbonyl (C=O) groups is 2. The lowest BCUT2D eigenvalue weighted by Gasteiger charge is -2.23. The number of unbranched alkanes of at least 4 members (excludes halogenated alkanes) is 4. The highest BCUT2D eigenvalue weighted by Gasteiger charge is 2.18. The number of carboxylic acids is 1. The summed E-state index contributed by atoms with van der Waals surface area (Å²) in [6.45, 7) is 10.0. The summed E-state index contributed by atoms with van der Waals surface area (Å²) < 4.78 is 11.1. The molecular weight excluding hydrogens is 466 g/mol. The zero-order valence-corrected chi connectivity index (χ0v) is 23.1. The minimum atomic E-state index is -0.975. The molecular formula is C31H45NO5. The summed E-state index contributed by atoms with van der Waals surface area (Å²) in [5, 5.41) is 9.28. The number of benzene rings is 2. The van der Waals surface area contributed by atoms with E-state index in [0.717, 1.165) is 30.4 Å². The Balaban J connectivity index is 1.96. The van der Waals surface area contributed by atoms with E-state index in [2.05, 4.69) is 45.0 Å². The standard InChI is InChI=1S/C31H45NO5/c1-5-7-8-9-10-19-32(22-27-13-11-25(12-14-27)20-24(3)4)30(33)23-37-28-17-15-26(16-18-28)21-29(31(34)35)36-6-2/h11-18,24,29H,5-10,19-23H2,1-4H3,(H,34,35)/t29-/m0/s1. The Bertz CT molecular complexity index is 924. The molecule has 0 spiro atoms. The Hall–Kier alpha value is -2.86. The number of aliphatic carboxylic acids is 1. The summed E-state index contributed by atoms with van der Waals surface area (Å²) in [5.74, 6) is 0.188. The fraction of sp³-hybridized carbons (Fsp3) is 0.548. The minimum absolute atomic E-state index is 0.0313. The van der Waals surface area contributed by atoms with E-state index in [4.69, 9.17) is 9.47 Å². The van der Waals surface area contributed by atoms with Gasteiger partial charge in [0.25, 0.3) is 5.91 Å². The van der Waals surface area contributed by atoms with E-state index in [1.807, 2.05) is 17.0 Å². The van der Waals surface area contributed by atoms with Gasteiger partial charge in [-0.25, -0.2) is 4.79 Å². The van der Waals surface area contributed by atoms with Crippen LogP contribution in [0.5, 0.6) is 5.75 Å². The summed E-state index contributed by atoms with van der Waals surface area (Å²) in [7, 11) is 0. The van der Waals surface area contributed by atoms with Crippen molar-refractivity contribution in [3.8, 4) is 5.75 Å². The van der Waals surface area contributed by atoms with Crippen LogP contribution in [0.4, 0.5) is 0 Å². The van der Waals surface area contributed by atoms with E-state index in [9.17, 15) is 14.7 Å². The molecule has 37 heavy (non-hydrogen) atoms. The van der Waals surface area contributed by atoms with Crippen LogP contribution in [0.1, 0.15) is 76.5 Å². The lowest BCUT2D eigenvalue weighted by atomic mass is 10.0. The third-order valence-corrected chi connectivity index (χ3v) is 6.27. The van der Waals surface area contributed by atoms with Crippen molar-refractivity contribution in [2.45, 2.75) is 85.3 Å². The highest BCUT2D eigenvalue weighted by Crippen LogP contribution is 2.16. The Morgan fingerprint density at radius 1 is 0.838 bits per heavy atom. The molecule has 2 aromatic carbocycles. The van der Waals surface area contributed by atoms with Crippen molar-refractivity contribution in [2.75, 3.05) is 19.8 Å². The molecule has 0 saturated carbocycles. The molecule has 1 N–H and O–H groups in total. The maximum absolute atomic E-state index is 13.1. The van der Waals surface area contributed by atoms with Crippen LogP contribution in [-0.4, -0.2) is 47.7 Å². The van der Waals surface area contributed by atoms with Gasteiger partial charge in [0.05, 0.1) is 0 Å². The van der Waals surface area contributed by atoms with E-state index >= 15 is 0 Å². The number of carbonyl (C=O) groups excluding carboxylic acids is 1. The number of ether oxygens (including phenoxy) is 2. The van der Waals surface area contributed by atoms with Gasteiger partial charge >= 0.3 is 5.97 Å². The number of carboxylic acid groups (broad SMARTS) is 1. The molecule has 1 atom stereocenters. The van der Waals surface area contributed by atoms with Crippen LogP contribution in [0.25, 0.3) is 0 Å². The number of nitrogens with zero attached hydrogens (tertiary/aromatic N) is 1. The van der Waals surface area contributed by atoms with Gasteiger partial charge in [-0.3, -0.25) is 4.79 Å². The Labute approximate surface area is 223 Å². The monoisotopic (exact) mass is 511 g/mol. The van der Waals surface area contributed by atoms with Crippen molar-refractivity contribution in [1.82, 2.24) is 4.90 Å². The van der Waals surface area contributed by atoms with Gasteiger partial charge in [-0.05, 0) is 54.5 Å². The largest absolute Gasteiger partial charge is 0.484 e. The van der Waals surface area contributed by atoms with Crippen LogP contribution < -0.4 is 4.74 Å². The molecule has 0 aromatic heterocycles. The highest BCUT2D eigenvalue weighted by molar-refractivity contribution is 5.77. The van der Waals surface area contributed by atoms with Crippen LogP contribution >= 0.6 is 0 Å². The van der Waals surface area contributed by atoms with E-state index in [-0.39, 0.29) is 18.9 Å².